The van der Waals surface area contributed by atoms with Crippen molar-refractivity contribution in [2.45, 2.75) is 63.0 Å². The molecule has 420 valence electrons. The number of likely N-dealkylation sites (tertiary alicyclic amines) is 1. The van der Waals surface area contributed by atoms with Gasteiger partial charge in [-0.3, -0.25) is 38.0 Å². The second-order valence-electron chi connectivity index (χ2n) is 17.6. The summed E-state index contributed by atoms with van der Waals surface area (Å²) in [5.74, 6) is -4.49. The number of nitrogens with two attached hydrogens (primary N) is 2. The van der Waals surface area contributed by atoms with Gasteiger partial charge in [-0.2, -0.15) is 0 Å². The Labute approximate surface area is 448 Å². The summed E-state index contributed by atoms with van der Waals surface area (Å²) < 4.78 is 64.8. The van der Waals surface area contributed by atoms with E-state index in [1.807, 2.05) is 12.1 Å². The molecule has 0 bridgehead atoms. The van der Waals surface area contributed by atoms with Crippen LogP contribution in [0.5, 0.6) is 0 Å². The van der Waals surface area contributed by atoms with Crippen LogP contribution in [-0.2, 0) is 71.9 Å². The van der Waals surface area contributed by atoms with Gasteiger partial charge in [0.2, 0.25) is 23.6 Å². The van der Waals surface area contributed by atoms with E-state index in [0.717, 1.165) is 38.9 Å². The van der Waals surface area contributed by atoms with Gasteiger partial charge >= 0.3 is 11.7 Å². The van der Waals surface area contributed by atoms with Crippen LogP contribution in [0.1, 0.15) is 47.7 Å². The molecule has 21 nitrogen and oxygen atoms in total. The number of hydrogen-bond donors (Lipinski definition) is 5. The average Bonchev–Trinajstić information content (AvgIpc) is 3.69. The second kappa shape index (κ2) is 33.2. The van der Waals surface area contributed by atoms with Gasteiger partial charge in [0.25, 0.3) is 5.56 Å². The zero-order valence-corrected chi connectivity index (χ0v) is 43.9. The van der Waals surface area contributed by atoms with E-state index in [-0.39, 0.29) is 106 Å². The summed E-state index contributed by atoms with van der Waals surface area (Å²) >= 11 is 1.01. The number of ether oxygens (including phenoxy) is 6. The number of benzene rings is 3. The Morgan fingerprint density at radius 2 is 1.34 bits per heavy atom. The highest BCUT2D eigenvalue weighted by atomic mass is 32.2. The third-order valence-corrected chi connectivity index (χ3v) is 13.4. The van der Waals surface area contributed by atoms with Crippen LogP contribution in [0, 0.1) is 18.6 Å². The minimum Gasteiger partial charge on any atom is -0.480 e. The second-order valence-corrected chi connectivity index (χ2v) is 18.8. The largest absolute Gasteiger partial charge is 0.480 e. The van der Waals surface area contributed by atoms with Crippen molar-refractivity contribution in [1.29, 1.82) is 0 Å². The molecule has 1 saturated heterocycles. The number of halogens is 2. The van der Waals surface area contributed by atoms with Crippen molar-refractivity contribution in [1.82, 2.24) is 24.7 Å². The van der Waals surface area contributed by atoms with Crippen LogP contribution >= 0.6 is 11.8 Å². The van der Waals surface area contributed by atoms with Gasteiger partial charge in [0, 0.05) is 61.9 Å². The monoisotopic (exact) mass is 1100 g/mol. The molecule has 24 heteroatoms. The van der Waals surface area contributed by atoms with Gasteiger partial charge in [0.15, 0.2) is 0 Å². The molecule has 0 aliphatic carbocycles. The molecule has 1 aliphatic rings. The first kappa shape index (κ1) is 61.6. The number of aryl methyl sites for hydroxylation is 1. The number of carboxylic acids is 1. The summed E-state index contributed by atoms with van der Waals surface area (Å²) in [6.07, 6.45) is 0.372. The molecule has 0 spiro atoms. The minimum absolute atomic E-state index is 0.0379. The maximum absolute atomic E-state index is 14.9. The van der Waals surface area contributed by atoms with Crippen molar-refractivity contribution in [3.8, 4) is 11.1 Å². The van der Waals surface area contributed by atoms with Crippen LogP contribution in [0.25, 0.3) is 11.1 Å². The molecule has 4 aromatic rings. The number of nitrogens with one attached hydrogen (secondary N) is 2. The van der Waals surface area contributed by atoms with Gasteiger partial charge in [0.1, 0.15) is 17.7 Å². The Morgan fingerprint density at radius 1 is 0.753 bits per heavy atom. The Bertz CT molecular complexity index is 2660. The lowest BCUT2D eigenvalue weighted by atomic mass is 10.00. The van der Waals surface area contributed by atoms with E-state index in [0.29, 0.717) is 70.4 Å². The molecule has 5 rings (SSSR count). The summed E-state index contributed by atoms with van der Waals surface area (Å²) in [5.41, 5.74) is 12.5. The highest BCUT2D eigenvalue weighted by Gasteiger charge is 2.39. The Morgan fingerprint density at radius 3 is 1.94 bits per heavy atom. The zero-order chi connectivity index (χ0) is 55.5. The van der Waals surface area contributed by atoms with Gasteiger partial charge in [-0.1, -0.05) is 60.7 Å². The molecule has 1 aliphatic heterocycles. The number of nitrogens with zero attached hydrogens (tertiary/aromatic N) is 3. The zero-order valence-electron chi connectivity index (χ0n) is 43.1. The summed E-state index contributed by atoms with van der Waals surface area (Å²) in [7, 11) is 0. The molecule has 3 aromatic carbocycles. The quantitative estimate of drug-likeness (QED) is 0.0319. The van der Waals surface area contributed by atoms with E-state index >= 15 is 0 Å². The molecule has 7 N–H and O–H groups in total. The molecule has 0 radical (unpaired) electrons. The molecule has 0 saturated carbocycles. The lowest BCUT2D eigenvalue weighted by Crippen LogP contribution is -2.44. The number of carbonyl (C=O) groups excluding carboxylic acids is 4. The summed E-state index contributed by atoms with van der Waals surface area (Å²) in [5, 5.41) is 14.0. The third-order valence-electron chi connectivity index (χ3n) is 12.1. The number of hydrogen-bond acceptors (Lipinski definition) is 16. The lowest BCUT2D eigenvalue weighted by molar-refractivity contribution is -0.141. The number of amides is 4. The molecule has 3 atom stereocenters. The van der Waals surface area contributed by atoms with Crippen LogP contribution in [0.2, 0.25) is 0 Å². The number of aromatic nitrogens is 2. The summed E-state index contributed by atoms with van der Waals surface area (Å²) in [6.45, 7) is 4.93. The summed E-state index contributed by atoms with van der Waals surface area (Å²) in [4.78, 5) is 90.2. The van der Waals surface area contributed by atoms with Crippen molar-refractivity contribution in [3.05, 3.63) is 128 Å². The Balaban J connectivity index is 0.878. The Hall–Kier alpha value is -6.22. The highest BCUT2D eigenvalue weighted by Crippen LogP contribution is 2.26. The first-order valence-electron chi connectivity index (χ1n) is 25.3. The van der Waals surface area contributed by atoms with Crippen LogP contribution in [0.4, 0.5) is 8.78 Å². The topological polar surface area (TPSA) is 284 Å². The smallest absolute Gasteiger partial charge is 0.331 e. The van der Waals surface area contributed by atoms with Crippen molar-refractivity contribution in [3.63, 3.8) is 0 Å². The van der Waals surface area contributed by atoms with E-state index in [4.69, 9.17) is 39.9 Å². The fraction of sp³-hybridized carbons (Fsp3) is 0.491. The Kier molecular flexibility index (Phi) is 26.5. The third kappa shape index (κ3) is 19.9. The van der Waals surface area contributed by atoms with Crippen molar-refractivity contribution in [2.24, 2.45) is 11.5 Å². The molecular weight excluding hydrogens is 1030 g/mol. The fourth-order valence-electron chi connectivity index (χ4n) is 7.98. The van der Waals surface area contributed by atoms with E-state index in [1.165, 1.54) is 10.6 Å². The van der Waals surface area contributed by atoms with Gasteiger partial charge in [-0.25, -0.2) is 18.4 Å². The minimum atomic E-state index is -1.26. The van der Waals surface area contributed by atoms with Crippen LogP contribution in [0.3, 0.4) is 0 Å². The molecule has 77 heavy (non-hydrogen) atoms. The number of carbonyl (C=O) groups is 5. The van der Waals surface area contributed by atoms with Crippen LogP contribution < -0.4 is 33.3 Å². The van der Waals surface area contributed by atoms with Gasteiger partial charge in [0.05, 0.1) is 103 Å². The van der Waals surface area contributed by atoms with E-state index in [9.17, 15) is 47.4 Å². The molecule has 4 amide bonds. The summed E-state index contributed by atoms with van der Waals surface area (Å²) in [6, 6.07) is 17.5. The predicted molar refractivity (Wildman–Crippen MR) is 281 cm³/mol. The van der Waals surface area contributed by atoms with Crippen molar-refractivity contribution in [2.75, 3.05) is 105 Å². The predicted octanol–water partition coefficient (Wildman–Crippen LogP) is 1.94. The number of carboxylic acid groups (broad SMARTS) is 1. The maximum Gasteiger partial charge on any atom is 0.331 e. The number of aliphatic carboxylic acids is 1. The molecule has 2 heterocycles. The fourth-order valence-corrected chi connectivity index (χ4v) is 9.16. The number of imide groups is 1. The molecule has 2 unspecified atom stereocenters. The number of rotatable bonds is 37. The first-order valence-corrected chi connectivity index (χ1v) is 26.3. The SMILES string of the molecule is Cc1c(-c2cccc(CCC(=O)NCCOCCOCCOCCOCCOCCOCCC(=O)NC(CSC3CC(=O)N(CCN)C3=O)C(=O)O)c2)c(=O)n(C[C@H](N)c2ccccc2)c(=O)n1Cc1c(F)cccc1F. The first-order chi connectivity index (χ1) is 37.2. The van der Waals surface area contributed by atoms with Crippen LogP contribution in [-0.4, -0.2) is 165 Å². The van der Waals surface area contributed by atoms with E-state index < -0.39 is 64.5 Å². The van der Waals surface area contributed by atoms with Crippen molar-refractivity contribution >= 4 is 41.4 Å². The standard InChI is InChI=1S/C53H69F2N7O14S/c1-36-49(51(67)62(34-43(57)38-8-3-2-4-9-38)53(70)61(36)33-40-41(54)11-6-12-42(40)55)39-10-5-7-37(31-39)13-14-46(63)58-17-20-72-22-24-74-26-28-76-30-29-75-27-25-73-23-21-71-19-15-47(64)59-44(52(68)69)35-77-45-32-48(65)60(18-16-56)50(45)66/h2-12,31,43-45H,13-30,32-35,56-57H2,1H3,(H,58,63)(H,59,64)(H,68,69)/t43-,44?,45?/m0/s1. The normalized spacial score (nSPS) is 14.2. The van der Waals surface area contributed by atoms with Gasteiger partial charge in [-0.05, 0) is 42.2 Å². The maximum atomic E-state index is 14.9. The molecular formula is C53H69F2N7O14S. The van der Waals surface area contributed by atoms with Crippen molar-refractivity contribution < 1.29 is 66.3 Å². The van der Waals surface area contributed by atoms with Gasteiger partial charge in [-0.15, -0.1) is 11.8 Å². The van der Waals surface area contributed by atoms with Gasteiger partial charge < -0.3 is 55.6 Å². The number of thioether (sulfide) groups is 1. The van der Waals surface area contributed by atoms with E-state index in [1.54, 1.807) is 49.4 Å². The van der Waals surface area contributed by atoms with E-state index in [2.05, 4.69) is 10.6 Å². The lowest BCUT2D eigenvalue weighted by Gasteiger charge is -2.20. The molecule has 1 aromatic heterocycles. The van der Waals surface area contributed by atoms with Crippen LogP contribution in [0.15, 0.2) is 82.4 Å². The highest BCUT2D eigenvalue weighted by molar-refractivity contribution is 8.00. The average molecular weight is 1100 g/mol. The molecule has 1 fully saturated rings.